The van der Waals surface area contributed by atoms with Crippen LogP contribution in [0.1, 0.15) is 0 Å². The van der Waals surface area contributed by atoms with E-state index < -0.39 is 80.8 Å². The van der Waals surface area contributed by atoms with E-state index in [9.17, 15) is 35.9 Å². The molecule has 0 aliphatic heterocycles. The molecule has 0 aliphatic carbocycles. The van der Waals surface area contributed by atoms with Gasteiger partial charge in [0.1, 0.15) is 22.5 Å². The molecule has 16 heteroatoms. The zero-order valence-corrected chi connectivity index (χ0v) is 32.0. The molecule has 0 N–H and O–H groups in total. The molecular formula is C48H22F10N2O4. The Labute approximate surface area is 352 Å². The van der Waals surface area contributed by atoms with Crippen LogP contribution in [0.15, 0.2) is 152 Å². The molecule has 64 heavy (non-hydrogen) atoms. The van der Waals surface area contributed by atoms with Crippen LogP contribution in [0.2, 0.25) is 0 Å². The average molecular weight is 881 g/mol. The summed E-state index contributed by atoms with van der Waals surface area (Å²) in [5.41, 5.74) is -4.27. The van der Waals surface area contributed by atoms with Gasteiger partial charge in [-0.25, -0.2) is 53.5 Å². The monoisotopic (exact) mass is 880 g/mol. The molecule has 0 saturated heterocycles. The van der Waals surface area contributed by atoms with E-state index >= 15 is 17.6 Å². The molecule has 0 aliphatic rings. The normalized spacial score (nSPS) is 11.4. The highest BCUT2D eigenvalue weighted by Crippen LogP contribution is 2.43. The third-order valence-electron chi connectivity index (χ3n) is 10.3. The molecule has 0 fully saturated rings. The summed E-state index contributed by atoms with van der Waals surface area (Å²) in [7, 11) is 0. The maximum absolute atomic E-state index is 15.2. The molecule has 0 spiro atoms. The Kier molecular flexibility index (Phi) is 10.3. The molecule has 2 aromatic heterocycles. The van der Waals surface area contributed by atoms with Gasteiger partial charge < -0.3 is 18.6 Å². The van der Waals surface area contributed by atoms with Crippen molar-refractivity contribution >= 4 is 56.1 Å². The Balaban J connectivity index is 1.09. The van der Waals surface area contributed by atoms with Crippen LogP contribution >= 0.6 is 0 Å². The highest BCUT2D eigenvalue weighted by atomic mass is 19.2. The van der Waals surface area contributed by atoms with Crippen molar-refractivity contribution in [3.8, 4) is 22.3 Å². The van der Waals surface area contributed by atoms with Crippen molar-refractivity contribution in [1.29, 1.82) is 0 Å². The number of benzene rings is 7. The smallest absolute Gasteiger partial charge is 0.344 e. The lowest BCUT2D eigenvalue weighted by molar-refractivity contribution is 0.380. The van der Waals surface area contributed by atoms with Crippen molar-refractivity contribution in [2.75, 3.05) is 9.80 Å². The topological polar surface area (TPSA) is 66.9 Å². The van der Waals surface area contributed by atoms with Crippen LogP contribution in [-0.2, 0) is 0 Å². The summed E-state index contributed by atoms with van der Waals surface area (Å²) in [5, 5.41) is 0.566. The number of anilines is 6. The second-order valence-electron chi connectivity index (χ2n) is 14.1. The standard InChI is InChI=1S/C48H22F10N2O4/c49-35-37(51)41(55)45(42(56)38(35)52)59(27-10-3-1-4-11-27)29-16-14-25-19-31(47(61)63-33(25)21-29)23-8-7-9-24(18-23)32-20-26-15-17-30(22-34(26)64-48(32)62)60(28-12-5-2-6-13-28)46-43(57)39(53)36(50)40(54)44(46)58/h1-22H. The summed E-state index contributed by atoms with van der Waals surface area (Å²) in [5.74, 6) is -21.7. The summed E-state index contributed by atoms with van der Waals surface area (Å²) < 4.78 is 158. The lowest BCUT2D eigenvalue weighted by Crippen LogP contribution is -2.17. The van der Waals surface area contributed by atoms with Crippen LogP contribution < -0.4 is 21.1 Å². The van der Waals surface area contributed by atoms with E-state index in [1.807, 2.05) is 0 Å². The SMILES string of the molecule is O=c1oc2cc(N(c3ccccc3)c3c(F)c(F)c(F)c(F)c3F)ccc2cc1-c1cccc(-c2cc3ccc(N(c4ccccc4)c4c(F)c(F)c(F)c(F)c4F)cc3oc2=O)c1. The minimum absolute atomic E-state index is 0.00531. The van der Waals surface area contributed by atoms with Crippen LogP contribution in [-0.4, -0.2) is 0 Å². The molecular weight excluding hydrogens is 859 g/mol. The van der Waals surface area contributed by atoms with E-state index in [2.05, 4.69) is 0 Å². The van der Waals surface area contributed by atoms with E-state index in [1.165, 1.54) is 109 Å². The van der Waals surface area contributed by atoms with Gasteiger partial charge >= 0.3 is 11.3 Å². The van der Waals surface area contributed by atoms with Crippen molar-refractivity contribution in [3.05, 3.63) is 212 Å². The highest BCUT2D eigenvalue weighted by molar-refractivity contribution is 5.90. The zero-order chi connectivity index (χ0) is 45.1. The molecule has 0 amide bonds. The van der Waals surface area contributed by atoms with Crippen molar-refractivity contribution in [3.63, 3.8) is 0 Å². The number of rotatable bonds is 8. The first-order chi connectivity index (χ1) is 30.7. The Hall–Kier alpha value is -8.14. The lowest BCUT2D eigenvalue weighted by atomic mass is 9.99. The van der Waals surface area contributed by atoms with Crippen LogP contribution in [0.5, 0.6) is 0 Å². The summed E-state index contributed by atoms with van der Waals surface area (Å²) in [6.45, 7) is 0. The third-order valence-corrected chi connectivity index (χ3v) is 10.3. The summed E-state index contributed by atoms with van der Waals surface area (Å²) in [6.07, 6.45) is 0. The van der Waals surface area contributed by atoms with Crippen molar-refractivity contribution in [1.82, 2.24) is 0 Å². The van der Waals surface area contributed by atoms with Gasteiger partial charge in [-0.3, -0.25) is 0 Å². The predicted octanol–water partition coefficient (Wildman–Crippen LogP) is 13.6. The van der Waals surface area contributed by atoms with E-state index in [-0.39, 0.29) is 66.9 Å². The minimum atomic E-state index is -2.34. The number of fused-ring (bicyclic) bond motifs is 2. The van der Waals surface area contributed by atoms with Crippen molar-refractivity contribution in [2.45, 2.75) is 0 Å². The molecule has 6 nitrogen and oxygen atoms in total. The molecule has 2 heterocycles. The first kappa shape index (κ1) is 41.2. The Morgan fingerprint density at radius 2 is 0.672 bits per heavy atom. The molecule has 7 aromatic carbocycles. The van der Waals surface area contributed by atoms with E-state index in [1.54, 1.807) is 24.3 Å². The van der Waals surface area contributed by atoms with Gasteiger partial charge in [-0.1, -0.05) is 54.6 Å². The number of nitrogens with zero attached hydrogens (tertiary/aromatic N) is 2. The van der Waals surface area contributed by atoms with Crippen molar-refractivity contribution in [2.24, 2.45) is 0 Å². The molecule has 0 saturated carbocycles. The molecule has 9 rings (SSSR count). The lowest BCUT2D eigenvalue weighted by Gasteiger charge is -2.26. The maximum Gasteiger partial charge on any atom is 0.344 e. The van der Waals surface area contributed by atoms with Gasteiger partial charge in [0.05, 0.1) is 22.5 Å². The molecule has 318 valence electrons. The third kappa shape index (κ3) is 6.88. The predicted molar refractivity (Wildman–Crippen MR) is 218 cm³/mol. The second kappa shape index (κ2) is 16.0. The fraction of sp³-hybridized carbons (Fsp3) is 0. The average Bonchev–Trinajstić information content (AvgIpc) is 3.31. The van der Waals surface area contributed by atoms with Crippen LogP contribution in [0.25, 0.3) is 44.2 Å². The second-order valence-corrected chi connectivity index (χ2v) is 14.1. The minimum Gasteiger partial charge on any atom is -0.422 e. The fourth-order valence-electron chi connectivity index (χ4n) is 7.28. The summed E-state index contributed by atoms with van der Waals surface area (Å²) in [4.78, 5) is 28.6. The van der Waals surface area contributed by atoms with Crippen LogP contribution in [0.3, 0.4) is 0 Å². The van der Waals surface area contributed by atoms with Gasteiger partial charge in [-0.05, 0) is 77.9 Å². The molecule has 0 atom stereocenters. The molecule has 0 unspecified atom stereocenters. The summed E-state index contributed by atoms with van der Waals surface area (Å²) >= 11 is 0. The molecule has 0 bridgehead atoms. The van der Waals surface area contributed by atoms with Crippen LogP contribution in [0.4, 0.5) is 78.0 Å². The number of halogens is 10. The molecule has 0 radical (unpaired) electrons. The van der Waals surface area contributed by atoms with Crippen molar-refractivity contribution < 1.29 is 52.7 Å². The van der Waals surface area contributed by atoms with E-state index in [4.69, 9.17) is 8.83 Å². The van der Waals surface area contributed by atoms with Gasteiger partial charge in [0.2, 0.25) is 11.6 Å². The zero-order valence-electron chi connectivity index (χ0n) is 32.0. The first-order valence-corrected chi connectivity index (χ1v) is 18.7. The summed E-state index contributed by atoms with van der Waals surface area (Å²) in [6, 6.07) is 31.3. The highest BCUT2D eigenvalue weighted by Gasteiger charge is 2.33. The van der Waals surface area contributed by atoms with Gasteiger partial charge in [0.25, 0.3) is 0 Å². The Morgan fingerprint density at radius 1 is 0.328 bits per heavy atom. The van der Waals surface area contributed by atoms with Gasteiger partial charge in [0, 0.05) is 34.3 Å². The van der Waals surface area contributed by atoms with Crippen LogP contribution in [0, 0.1) is 58.2 Å². The van der Waals surface area contributed by atoms with E-state index in [0.29, 0.717) is 0 Å². The van der Waals surface area contributed by atoms with Gasteiger partial charge in [-0.15, -0.1) is 0 Å². The van der Waals surface area contributed by atoms with Gasteiger partial charge in [-0.2, -0.15) is 0 Å². The fourth-order valence-corrected chi connectivity index (χ4v) is 7.28. The quantitative estimate of drug-likeness (QED) is 0.0655. The number of para-hydroxylation sites is 2. The van der Waals surface area contributed by atoms with E-state index in [0.717, 1.165) is 9.80 Å². The Morgan fingerprint density at radius 3 is 1.03 bits per heavy atom. The first-order valence-electron chi connectivity index (χ1n) is 18.7. The van der Waals surface area contributed by atoms with Gasteiger partial charge in [0.15, 0.2) is 46.5 Å². The molecule has 9 aromatic rings. The Bertz CT molecular complexity index is 3190. The number of hydrogen-bond acceptors (Lipinski definition) is 6. The largest absolute Gasteiger partial charge is 0.422 e. The number of hydrogen-bond donors (Lipinski definition) is 0. The maximum atomic E-state index is 15.2.